The number of nitrogens with one attached hydrogen (secondary N) is 1. The molecule has 0 radical (unpaired) electrons. The first-order valence-corrected chi connectivity index (χ1v) is 6.89. The molecule has 0 spiro atoms. The summed E-state index contributed by atoms with van der Waals surface area (Å²) in [4.78, 5) is 28.6. The van der Waals surface area contributed by atoms with Crippen molar-refractivity contribution in [3.8, 4) is 0 Å². The van der Waals surface area contributed by atoms with E-state index in [0.717, 1.165) is 5.56 Å². The molecule has 2 amide bonds. The molecule has 2 N–H and O–H groups in total. The van der Waals surface area contributed by atoms with Gasteiger partial charge in [-0.25, -0.2) is 9.86 Å². The summed E-state index contributed by atoms with van der Waals surface area (Å²) in [6, 6.07) is 7.19. The van der Waals surface area contributed by atoms with Gasteiger partial charge < -0.3 is 10.4 Å². The van der Waals surface area contributed by atoms with Crippen LogP contribution in [0.4, 0.5) is 4.79 Å². The summed E-state index contributed by atoms with van der Waals surface area (Å²) < 4.78 is 0. The minimum atomic E-state index is -1.15. The predicted octanol–water partition coefficient (Wildman–Crippen LogP) is 2.28. The van der Waals surface area contributed by atoms with Crippen molar-refractivity contribution in [2.75, 3.05) is 6.54 Å². The van der Waals surface area contributed by atoms with Crippen LogP contribution in [0.15, 0.2) is 24.3 Å². The van der Waals surface area contributed by atoms with E-state index in [9.17, 15) is 9.59 Å². The first kappa shape index (κ1) is 15.6. The Hall–Kier alpha value is -1.79. The first-order chi connectivity index (χ1) is 9.82. The zero-order valence-electron chi connectivity index (χ0n) is 11.8. The van der Waals surface area contributed by atoms with Crippen molar-refractivity contribution >= 4 is 23.6 Å². The van der Waals surface area contributed by atoms with Gasteiger partial charge in [0.25, 0.3) is 5.91 Å². The Kier molecular flexibility index (Phi) is 4.39. The highest BCUT2D eigenvalue weighted by atomic mass is 35.5. The van der Waals surface area contributed by atoms with Crippen LogP contribution >= 0.6 is 11.6 Å². The highest BCUT2D eigenvalue weighted by Gasteiger charge is 2.49. The molecule has 1 aliphatic heterocycles. The third kappa shape index (κ3) is 3.28. The van der Waals surface area contributed by atoms with Crippen molar-refractivity contribution in [1.82, 2.24) is 10.4 Å². The quantitative estimate of drug-likeness (QED) is 0.894. The molecule has 0 aromatic heterocycles. The molecule has 1 saturated heterocycles. The lowest BCUT2D eigenvalue weighted by atomic mass is 9.86. The molecular weight excluding hydrogens is 296 g/mol. The van der Waals surface area contributed by atoms with E-state index in [-0.39, 0.29) is 19.0 Å². The van der Waals surface area contributed by atoms with Gasteiger partial charge >= 0.3 is 6.09 Å². The number of carbonyl (C=O) groups is 2. The fourth-order valence-electron chi connectivity index (χ4n) is 2.16. The summed E-state index contributed by atoms with van der Waals surface area (Å²) in [5.74, 6) is -0.195. The van der Waals surface area contributed by atoms with Crippen LogP contribution in [0.1, 0.15) is 19.4 Å². The van der Waals surface area contributed by atoms with E-state index in [1.807, 2.05) is 18.2 Å². The van der Waals surface area contributed by atoms with E-state index in [2.05, 4.69) is 5.32 Å². The average molecular weight is 313 g/mol. The van der Waals surface area contributed by atoms with Gasteiger partial charge in [-0.2, -0.15) is 0 Å². The van der Waals surface area contributed by atoms with E-state index >= 15 is 0 Å². The van der Waals surface area contributed by atoms with Crippen LogP contribution in [0, 0.1) is 5.41 Å². The second-order valence-electron chi connectivity index (χ2n) is 5.43. The highest BCUT2D eigenvalue weighted by molar-refractivity contribution is 6.31. The summed E-state index contributed by atoms with van der Waals surface area (Å²) in [6.45, 7) is 3.74. The number of benzene rings is 1. The standard InChI is InChI=1S/C14H17ClN2O4/c1-14(2)11(7-16-13(19)20)21-17(12(14)18)8-9-5-3-4-6-10(9)15/h3-6,11,16H,7-8H2,1-2H3,(H,19,20). The molecule has 1 atom stereocenters. The van der Waals surface area contributed by atoms with Crippen molar-refractivity contribution in [3.05, 3.63) is 34.9 Å². The normalized spacial score (nSPS) is 20.6. The van der Waals surface area contributed by atoms with Crippen molar-refractivity contribution in [2.45, 2.75) is 26.5 Å². The number of hydrogen-bond acceptors (Lipinski definition) is 3. The minimum Gasteiger partial charge on any atom is -0.465 e. The average Bonchev–Trinajstić information content (AvgIpc) is 2.62. The predicted molar refractivity (Wildman–Crippen MR) is 76.7 cm³/mol. The van der Waals surface area contributed by atoms with Crippen molar-refractivity contribution < 1.29 is 19.5 Å². The van der Waals surface area contributed by atoms with Crippen molar-refractivity contribution in [1.29, 1.82) is 0 Å². The number of carboxylic acid groups (broad SMARTS) is 1. The minimum absolute atomic E-state index is 0.0487. The summed E-state index contributed by atoms with van der Waals surface area (Å²) >= 11 is 6.08. The van der Waals surface area contributed by atoms with Gasteiger partial charge in [0.2, 0.25) is 0 Å². The van der Waals surface area contributed by atoms with Gasteiger partial charge in [0.15, 0.2) is 0 Å². The van der Waals surface area contributed by atoms with Crippen LogP contribution < -0.4 is 5.32 Å². The van der Waals surface area contributed by atoms with E-state index in [4.69, 9.17) is 21.5 Å². The second-order valence-corrected chi connectivity index (χ2v) is 5.84. The van der Waals surface area contributed by atoms with Crippen molar-refractivity contribution in [3.63, 3.8) is 0 Å². The largest absolute Gasteiger partial charge is 0.465 e. The third-order valence-corrected chi connectivity index (χ3v) is 3.92. The zero-order chi connectivity index (χ0) is 15.6. The molecule has 1 unspecified atom stereocenters. The van der Waals surface area contributed by atoms with Gasteiger partial charge in [-0.15, -0.1) is 0 Å². The van der Waals surface area contributed by atoms with E-state index in [0.29, 0.717) is 5.02 Å². The Bertz CT molecular complexity index is 562. The lowest BCUT2D eigenvalue weighted by Crippen LogP contribution is -2.40. The number of carbonyl (C=O) groups excluding carboxylic acids is 1. The van der Waals surface area contributed by atoms with Crippen LogP contribution in [0.25, 0.3) is 0 Å². The molecule has 1 aromatic rings. The maximum atomic E-state index is 12.4. The number of amides is 2. The molecular formula is C14H17ClN2O4. The number of halogens is 1. The number of hydroxylamine groups is 2. The molecule has 1 aromatic carbocycles. The van der Waals surface area contributed by atoms with Gasteiger partial charge in [-0.05, 0) is 25.5 Å². The lowest BCUT2D eigenvalue weighted by Gasteiger charge is -2.20. The SMILES string of the molecule is CC1(C)C(=O)N(Cc2ccccc2Cl)OC1CNC(=O)O. The number of hydrogen-bond donors (Lipinski definition) is 2. The Morgan fingerprint density at radius 2 is 2.14 bits per heavy atom. The van der Waals surface area contributed by atoms with Gasteiger partial charge in [-0.1, -0.05) is 29.8 Å². The van der Waals surface area contributed by atoms with E-state index in [1.165, 1.54) is 5.06 Å². The molecule has 6 nitrogen and oxygen atoms in total. The molecule has 21 heavy (non-hydrogen) atoms. The summed E-state index contributed by atoms with van der Waals surface area (Å²) in [5, 5.41) is 12.7. The molecule has 0 saturated carbocycles. The van der Waals surface area contributed by atoms with Gasteiger partial charge in [0, 0.05) is 5.02 Å². The topological polar surface area (TPSA) is 78.9 Å². The van der Waals surface area contributed by atoms with Gasteiger partial charge in [0.05, 0.1) is 18.5 Å². The van der Waals surface area contributed by atoms with Crippen LogP contribution in [0.5, 0.6) is 0 Å². The van der Waals surface area contributed by atoms with Crippen LogP contribution in [-0.4, -0.2) is 34.8 Å². The molecule has 1 heterocycles. The first-order valence-electron chi connectivity index (χ1n) is 6.51. The fourth-order valence-corrected chi connectivity index (χ4v) is 2.35. The van der Waals surface area contributed by atoms with Gasteiger partial charge in [-0.3, -0.25) is 9.63 Å². The number of rotatable bonds is 4. The second kappa shape index (κ2) is 5.91. The molecule has 0 aliphatic carbocycles. The monoisotopic (exact) mass is 312 g/mol. The Morgan fingerprint density at radius 1 is 1.48 bits per heavy atom. The van der Waals surface area contributed by atoms with E-state index < -0.39 is 17.6 Å². The summed E-state index contributed by atoms with van der Waals surface area (Å²) in [5.41, 5.74) is -0.0286. The smallest absolute Gasteiger partial charge is 0.404 e. The molecule has 114 valence electrons. The Balaban J connectivity index is 2.10. The highest BCUT2D eigenvalue weighted by Crippen LogP contribution is 2.35. The molecule has 1 fully saturated rings. The number of nitrogens with zero attached hydrogens (tertiary/aromatic N) is 1. The lowest BCUT2D eigenvalue weighted by molar-refractivity contribution is -0.176. The molecule has 1 aliphatic rings. The van der Waals surface area contributed by atoms with Crippen molar-refractivity contribution in [2.24, 2.45) is 5.41 Å². The Morgan fingerprint density at radius 3 is 2.76 bits per heavy atom. The zero-order valence-corrected chi connectivity index (χ0v) is 12.6. The van der Waals surface area contributed by atoms with E-state index in [1.54, 1.807) is 19.9 Å². The molecule has 2 rings (SSSR count). The molecule has 0 bridgehead atoms. The maximum absolute atomic E-state index is 12.4. The van der Waals surface area contributed by atoms with Crippen LogP contribution in [0.3, 0.4) is 0 Å². The van der Waals surface area contributed by atoms with Crippen LogP contribution in [-0.2, 0) is 16.2 Å². The van der Waals surface area contributed by atoms with Crippen LogP contribution in [0.2, 0.25) is 5.02 Å². The maximum Gasteiger partial charge on any atom is 0.404 e. The third-order valence-electron chi connectivity index (χ3n) is 3.55. The fraction of sp³-hybridized carbons (Fsp3) is 0.429. The van der Waals surface area contributed by atoms with Gasteiger partial charge in [0.1, 0.15) is 6.10 Å². The Labute approximate surface area is 127 Å². The molecule has 7 heteroatoms. The summed E-state index contributed by atoms with van der Waals surface area (Å²) in [7, 11) is 0. The summed E-state index contributed by atoms with van der Waals surface area (Å²) in [6.07, 6.45) is -1.70.